The van der Waals surface area contributed by atoms with Crippen LogP contribution in [0.2, 0.25) is 0 Å². The molecule has 1 heterocycles. The first kappa shape index (κ1) is 23.9. The maximum absolute atomic E-state index is 5.08. The largest absolute Gasteiger partial charge is 0.385 e. The van der Waals surface area contributed by atoms with Gasteiger partial charge in [0.05, 0.1) is 0 Å². The Balaban J connectivity index is 0.00000529. The summed E-state index contributed by atoms with van der Waals surface area (Å²) in [5.41, 5.74) is 0. The third kappa shape index (κ3) is 12.3. The number of methoxy groups -OCH3 is 1. The summed E-state index contributed by atoms with van der Waals surface area (Å²) in [6.07, 6.45) is 6.57. The lowest BCUT2D eigenvalue weighted by Crippen LogP contribution is -2.44. The summed E-state index contributed by atoms with van der Waals surface area (Å²) in [5, 5.41) is 6.81. The van der Waals surface area contributed by atoms with E-state index in [0.717, 1.165) is 51.7 Å². The van der Waals surface area contributed by atoms with Gasteiger partial charge in [0.2, 0.25) is 0 Å². The molecule has 0 unspecified atom stereocenters. The Morgan fingerprint density at radius 2 is 1.75 bits per heavy atom. The second kappa shape index (κ2) is 16.4. The molecular formula is C17H38IN5O. The predicted molar refractivity (Wildman–Crippen MR) is 114 cm³/mol. The van der Waals surface area contributed by atoms with Crippen LogP contribution >= 0.6 is 24.0 Å². The first-order valence-corrected chi connectivity index (χ1v) is 9.10. The Morgan fingerprint density at radius 1 is 1.08 bits per heavy atom. The molecule has 1 aliphatic rings. The van der Waals surface area contributed by atoms with E-state index in [1.54, 1.807) is 7.11 Å². The summed E-state index contributed by atoms with van der Waals surface area (Å²) in [6.45, 7) is 8.39. The van der Waals surface area contributed by atoms with Crippen LogP contribution in [0.4, 0.5) is 0 Å². The molecular weight excluding hydrogens is 417 g/mol. The first-order valence-electron chi connectivity index (χ1n) is 9.10. The van der Waals surface area contributed by atoms with E-state index < -0.39 is 0 Å². The molecule has 7 heteroatoms. The van der Waals surface area contributed by atoms with Crippen LogP contribution in [-0.2, 0) is 4.74 Å². The zero-order valence-corrected chi connectivity index (χ0v) is 18.2. The summed E-state index contributed by atoms with van der Waals surface area (Å²) in [5.74, 6) is 0.908. The fraction of sp³-hybridized carbons (Fsp3) is 0.941. The number of hydrogen-bond donors (Lipinski definition) is 2. The van der Waals surface area contributed by atoms with Crippen molar-refractivity contribution in [1.82, 2.24) is 20.4 Å². The summed E-state index contributed by atoms with van der Waals surface area (Å²) in [6, 6.07) is 0. The molecule has 0 aromatic carbocycles. The van der Waals surface area contributed by atoms with Gasteiger partial charge in [-0.3, -0.25) is 4.99 Å². The zero-order chi connectivity index (χ0) is 16.8. The lowest BCUT2D eigenvalue weighted by atomic mass is 10.2. The average molecular weight is 455 g/mol. The number of hydrogen-bond acceptors (Lipinski definition) is 4. The van der Waals surface area contributed by atoms with Crippen molar-refractivity contribution < 1.29 is 4.74 Å². The highest BCUT2D eigenvalue weighted by atomic mass is 127. The molecule has 0 saturated carbocycles. The number of ether oxygens (including phenoxy) is 1. The van der Waals surface area contributed by atoms with E-state index in [0.29, 0.717) is 0 Å². The quantitative estimate of drug-likeness (QED) is 0.227. The highest BCUT2D eigenvalue weighted by Gasteiger charge is 2.08. The number of rotatable bonds is 10. The first-order chi connectivity index (χ1) is 11.3. The zero-order valence-electron chi connectivity index (χ0n) is 15.9. The normalized spacial score (nSPS) is 16.6. The van der Waals surface area contributed by atoms with Gasteiger partial charge >= 0.3 is 0 Å². The lowest BCUT2D eigenvalue weighted by Gasteiger charge is -2.21. The number of guanidine groups is 1. The van der Waals surface area contributed by atoms with E-state index >= 15 is 0 Å². The van der Waals surface area contributed by atoms with Gasteiger partial charge in [0, 0.05) is 53.5 Å². The molecule has 6 nitrogen and oxygen atoms in total. The molecule has 0 amide bonds. The van der Waals surface area contributed by atoms with Crippen molar-refractivity contribution in [2.75, 3.05) is 73.6 Å². The summed E-state index contributed by atoms with van der Waals surface area (Å²) < 4.78 is 5.08. The minimum Gasteiger partial charge on any atom is -0.385 e. The van der Waals surface area contributed by atoms with Crippen molar-refractivity contribution in [3.8, 4) is 0 Å². The molecule has 24 heavy (non-hydrogen) atoms. The van der Waals surface area contributed by atoms with Crippen molar-refractivity contribution in [2.24, 2.45) is 4.99 Å². The molecule has 0 aliphatic carbocycles. The smallest absolute Gasteiger partial charge is 0.191 e. The van der Waals surface area contributed by atoms with Crippen LogP contribution in [0.5, 0.6) is 0 Å². The second-order valence-electron chi connectivity index (χ2n) is 6.33. The maximum Gasteiger partial charge on any atom is 0.191 e. The van der Waals surface area contributed by atoms with Crippen LogP contribution in [0.15, 0.2) is 4.99 Å². The molecule has 0 aromatic heterocycles. The van der Waals surface area contributed by atoms with Crippen molar-refractivity contribution in [1.29, 1.82) is 0 Å². The molecule has 2 N–H and O–H groups in total. The van der Waals surface area contributed by atoms with Crippen LogP contribution in [-0.4, -0.2) is 89.4 Å². The molecule has 0 aromatic rings. The molecule has 1 fully saturated rings. The molecule has 1 aliphatic heterocycles. The van der Waals surface area contributed by atoms with Gasteiger partial charge in [0.1, 0.15) is 0 Å². The number of likely N-dealkylation sites (N-methyl/N-ethyl adjacent to an activating group) is 1. The van der Waals surface area contributed by atoms with Crippen LogP contribution in [0.1, 0.15) is 32.1 Å². The lowest BCUT2D eigenvalue weighted by molar-refractivity contribution is 0.180. The molecule has 0 radical (unpaired) electrons. The van der Waals surface area contributed by atoms with Gasteiger partial charge in [0.15, 0.2) is 5.96 Å². The van der Waals surface area contributed by atoms with Crippen molar-refractivity contribution in [2.45, 2.75) is 32.1 Å². The topological polar surface area (TPSA) is 52.1 Å². The van der Waals surface area contributed by atoms with E-state index in [1.807, 2.05) is 7.05 Å². The number of nitrogens with one attached hydrogen (secondary N) is 2. The number of likely N-dealkylation sites (tertiary alicyclic amines) is 1. The molecule has 144 valence electrons. The van der Waals surface area contributed by atoms with Crippen LogP contribution in [0, 0.1) is 0 Å². The number of nitrogens with zero attached hydrogens (tertiary/aromatic N) is 3. The van der Waals surface area contributed by atoms with Crippen molar-refractivity contribution in [3.05, 3.63) is 0 Å². The van der Waals surface area contributed by atoms with Gasteiger partial charge in [-0.25, -0.2) is 0 Å². The van der Waals surface area contributed by atoms with Gasteiger partial charge in [-0.2, -0.15) is 0 Å². The molecule has 1 saturated heterocycles. The third-order valence-electron chi connectivity index (χ3n) is 4.32. The van der Waals surface area contributed by atoms with Gasteiger partial charge in [-0.05, 0) is 39.4 Å². The van der Waals surface area contributed by atoms with E-state index in [-0.39, 0.29) is 24.0 Å². The van der Waals surface area contributed by atoms with E-state index in [4.69, 9.17) is 4.74 Å². The van der Waals surface area contributed by atoms with Crippen molar-refractivity contribution in [3.63, 3.8) is 0 Å². The Labute approximate surface area is 165 Å². The fourth-order valence-corrected chi connectivity index (χ4v) is 2.87. The minimum absolute atomic E-state index is 0. The fourth-order valence-electron chi connectivity index (χ4n) is 2.87. The Morgan fingerprint density at radius 3 is 2.38 bits per heavy atom. The minimum atomic E-state index is 0. The number of halogens is 1. The monoisotopic (exact) mass is 455 g/mol. The number of aliphatic imine (C=N–C) groups is 1. The molecule has 0 atom stereocenters. The Bertz CT molecular complexity index is 309. The summed E-state index contributed by atoms with van der Waals surface area (Å²) in [7, 11) is 5.74. The van der Waals surface area contributed by atoms with E-state index in [2.05, 4.69) is 32.5 Å². The highest BCUT2D eigenvalue weighted by molar-refractivity contribution is 14.0. The van der Waals surface area contributed by atoms with Gasteiger partial charge in [-0.15, -0.1) is 24.0 Å². The second-order valence-corrected chi connectivity index (χ2v) is 6.33. The van der Waals surface area contributed by atoms with Crippen LogP contribution < -0.4 is 10.6 Å². The van der Waals surface area contributed by atoms with Gasteiger partial charge in [-0.1, -0.05) is 12.8 Å². The molecule has 0 spiro atoms. The Hall–Kier alpha value is -0.120. The Kier molecular flexibility index (Phi) is 16.3. The summed E-state index contributed by atoms with van der Waals surface area (Å²) >= 11 is 0. The van der Waals surface area contributed by atoms with Crippen molar-refractivity contribution >= 4 is 29.9 Å². The predicted octanol–water partition coefficient (Wildman–Crippen LogP) is 1.61. The molecule has 0 bridgehead atoms. The molecule has 1 rings (SSSR count). The third-order valence-corrected chi connectivity index (χ3v) is 4.32. The van der Waals surface area contributed by atoms with E-state index in [1.165, 1.54) is 38.8 Å². The summed E-state index contributed by atoms with van der Waals surface area (Å²) in [4.78, 5) is 9.18. The van der Waals surface area contributed by atoms with Gasteiger partial charge in [0.25, 0.3) is 0 Å². The van der Waals surface area contributed by atoms with Crippen LogP contribution in [0.3, 0.4) is 0 Å². The standard InChI is InChI=1S/C17H37N5O.HI/c1-18-17(19-9-14-21(2)11-8-16-23-3)20-10-15-22-12-6-4-5-7-13-22;/h4-16H2,1-3H3,(H2,18,19,20);1H. The SMILES string of the molecule is CN=C(NCCN(C)CCCOC)NCCN1CCCCCC1.I. The maximum atomic E-state index is 5.08. The van der Waals surface area contributed by atoms with Gasteiger partial charge < -0.3 is 25.2 Å². The van der Waals surface area contributed by atoms with Crippen LogP contribution in [0.25, 0.3) is 0 Å². The average Bonchev–Trinajstić information content (AvgIpc) is 2.82. The highest BCUT2D eigenvalue weighted by Crippen LogP contribution is 2.08. The van der Waals surface area contributed by atoms with E-state index in [9.17, 15) is 0 Å².